The van der Waals surface area contributed by atoms with E-state index < -0.39 is 0 Å². The van der Waals surface area contributed by atoms with Crippen molar-refractivity contribution in [3.8, 4) is 22.4 Å². The number of carbonyl (C=O) groups is 1. The van der Waals surface area contributed by atoms with Crippen molar-refractivity contribution in [2.75, 3.05) is 10.6 Å². The monoisotopic (exact) mass is 369 g/mol. The Hall–Kier alpha value is -3.93. The summed E-state index contributed by atoms with van der Waals surface area (Å²) in [5.41, 5.74) is 6.39. The normalized spacial score (nSPS) is 10.5. The first kappa shape index (κ1) is 17.5. The fourth-order valence-corrected chi connectivity index (χ4v) is 2.94. The van der Waals surface area contributed by atoms with Gasteiger partial charge in [0.2, 0.25) is 0 Å². The molecule has 0 radical (unpaired) electrons. The molecule has 0 aliphatic carbocycles. The number of nitrogens with zero attached hydrogens (tertiary/aromatic N) is 2. The van der Waals surface area contributed by atoms with Gasteiger partial charge in [-0.05, 0) is 48.9 Å². The summed E-state index contributed by atoms with van der Waals surface area (Å²) in [4.78, 5) is 16.4. The van der Waals surface area contributed by atoms with Gasteiger partial charge in [0, 0.05) is 34.9 Å². The van der Waals surface area contributed by atoms with Gasteiger partial charge in [0.05, 0.1) is 11.9 Å². The molecule has 6 nitrogen and oxygen atoms in total. The summed E-state index contributed by atoms with van der Waals surface area (Å²) in [5.74, 6) is 0. The van der Waals surface area contributed by atoms with Crippen molar-refractivity contribution >= 4 is 17.4 Å². The molecule has 2 heterocycles. The Bertz CT molecular complexity index is 1090. The summed E-state index contributed by atoms with van der Waals surface area (Å²) in [6, 6.07) is 18.9. The lowest BCUT2D eigenvalue weighted by molar-refractivity contribution is 0.262. The van der Waals surface area contributed by atoms with Gasteiger partial charge in [-0.2, -0.15) is 5.10 Å². The van der Waals surface area contributed by atoms with Crippen LogP contribution in [-0.2, 0) is 0 Å². The summed E-state index contributed by atoms with van der Waals surface area (Å²) < 4.78 is 0. The molecule has 0 saturated heterocycles. The van der Waals surface area contributed by atoms with Gasteiger partial charge < -0.3 is 10.6 Å². The maximum absolute atomic E-state index is 12.3. The number of pyridine rings is 1. The van der Waals surface area contributed by atoms with Crippen LogP contribution in [0.1, 0.15) is 5.56 Å². The predicted molar refractivity (Wildman–Crippen MR) is 111 cm³/mol. The molecule has 4 rings (SSSR count). The minimum absolute atomic E-state index is 0.292. The molecule has 6 heteroatoms. The number of aromatic amines is 1. The van der Waals surface area contributed by atoms with E-state index in [0.29, 0.717) is 5.69 Å². The molecule has 0 aliphatic rings. The predicted octanol–water partition coefficient (Wildman–Crippen LogP) is 5.09. The third-order valence-corrected chi connectivity index (χ3v) is 4.35. The molecule has 3 N–H and O–H groups in total. The highest BCUT2D eigenvalue weighted by Crippen LogP contribution is 2.31. The van der Waals surface area contributed by atoms with E-state index in [2.05, 4.69) is 25.8 Å². The molecule has 4 aromatic rings. The lowest BCUT2D eigenvalue weighted by Crippen LogP contribution is -2.19. The van der Waals surface area contributed by atoms with Gasteiger partial charge in [-0.3, -0.25) is 10.1 Å². The lowest BCUT2D eigenvalue weighted by Gasteiger charge is -2.10. The van der Waals surface area contributed by atoms with E-state index in [1.54, 1.807) is 18.6 Å². The molecular formula is C22H19N5O. The van der Waals surface area contributed by atoms with Crippen molar-refractivity contribution in [2.45, 2.75) is 6.92 Å². The molecular weight excluding hydrogens is 350 g/mol. The molecule has 0 saturated carbocycles. The lowest BCUT2D eigenvalue weighted by atomic mass is 10.0. The molecule has 0 spiro atoms. The number of rotatable bonds is 4. The van der Waals surface area contributed by atoms with Gasteiger partial charge in [-0.1, -0.05) is 29.8 Å². The van der Waals surface area contributed by atoms with Crippen molar-refractivity contribution in [3.05, 3.63) is 84.8 Å². The van der Waals surface area contributed by atoms with Crippen LogP contribution >= 0.6 is 0 Å². The van der Waals surface area contributed by atoms with E-state index in [0.717, 1.165) is 33.6 Å². The van der Waals surface area contributed by atoms with Crippen molar-refractivity contribution in [1.29, 1.82) is 0 Å². The van der Waals surface area contributed by atoms with Crippen molar-refractivity contribution in [2.24, 2.45) is 0 Å². The number of urea groups is 1. The van der Waals surface area contributed by atoms with Crippen molar-refractivity contribution in [3.63, 3.8) is 0 Å². The van der Waals surface area contributed by atoms with E-state index in [4.69, 9.17) is 0 Å². The van der Waals surface area contributed by atoms with Crippen LogP contribution in [0.3, 0.4) is 0 Å². The van der Waals surface area contributed by atoms with Crippen LogP contribution in [0.5, 0.6) is 0 Å². The van der Waals surface area contributed by atoms with E-state index >= 15 is 0 Å². The highest BCUT2D eigenvalue weighted by atomic mass is 16.2. The SMILES string of the molecule is Cc1ccc(NC(=O)Nc2cccc(-c3[nH]ncc3-c3ccncc3)c2)cc1. The van der Waals surface area contributed by atoms with E-state index in [1.165, 1.54) is 0 Å². The molecule has 0 atom stereocenters. The largest absolute Gasteiger partial charge is 0.323 e. The average Bonchev–Trinajstić information content (AvgIpc) is 3.20. The summed E-state index contributed by atoms with van der Waals surface area (Å²) in [5, 5.41) is 12.9. The van der Waals surface area contributed by atoms with Gasteiger partial charge in [0.25, 0.3) is 0 Å². The molecule has 2 aromatic heterocycles. The second-order valence-electron chi connectivity index (χ2n) is 6.42. The van der Waals surface area contributed by atoms with Crippen LogP contribution in [0.25, 0.3) is 22.4 Å². The van der Waals surface area contributed by atoms with Crippen LogP contribution in [0.4, 0.5) is 16.2 Å². The van der Waals surface area contributed by atoms with Gasteiger partial charge in [-0.25, -0.2) is 4.79 Å². The van der Waals surface area contributed by atoms with E-state index in [9.17, 15) is 4.79 Å². The van der Waals surface area contributed by atoms with Crippen molar-refractivity contribution in [1.82, 2.24) is 15.2 Å². The average molecular weight is 369 g/mol. The van der Waals surface area contributed by atoms with E-state index in [1.807, 2.05) is 67.6 Å². The number of hydrogen-bond donors (Lipinski definition) is 3. The second kappa shape index (κ2) is 7.75. The number of amides is 2. The minimum atomic E-state index is -0.292. The molecule has 0 bridgehead atoms. The van der Waals surface area contributed by atoms with Gasteiger partial charge in [-0.15, -0.1) is 0 Å². The number of carbonyl (C=O) groups excluding carboxylic acids is 1. The topological polar surface area (TPSA) is 82.7 Å². The first-order valence-corrected chi connectivity index (χ1v) is 8.88. The molecule has 0 fully saturated rings. The summed E-state index contributed by atoms with van der Waals surface area (Å²) in [6.07, 6.45) is 5.29. The van der Waals surface area contributed by atoms with Crippen molar-refractivity contribution < 1.29 is 4.79 Å². The number of aromatic nitrogens is 3. The summed E-state index contributed by atoms with van der Waals surface area (Å²) in [6.45, 7) is 2.00. The van der Waals surface area contributed by atoms with Crippen LogP contribution in [0, 0.1) is 6.92 Å². The van der Waals surface area contributed by atoms with Gasteiger partial charge in [0.1, 0.15) is 0 Å². The number of anilines is 2. The van der Waals surface area contributed by atoms with Crippen LogP contribution in [-0.4, -0.2) is 21.2 Å². The highest BCUT2D eigenvalue weighted by molar-refractivity contribution is 6.00. The maximum Gasteiger partial charge on any atom is 0.323 e. The molecule has 0 unspecified atom stereocenters. The Labute approximate surface area is 162 Å². The Morgan fingerprint density at radius 1 is 0.893 bits per heavy atom. The number of nitrogens with one attached hydrogen (secondary N) is 3. The van der Waals surface area contributed by atoms with E-state index in [-0.39, 0.29) is 6.03 Å². The molecule has 2 amide bonds. The quantitative estimate of drug-likeness (QED) is 0.468. The zero-order valence-electron chi connectivity index (χ0n) is 15.3. The number of aryl methyl sites for hydroxylation is 1. The zero-order valence-corrected chi connectivity index (χ0v) is 15.3. The summed E-state index contributed by atoms with van der Waals surface area (Å²) in [7, 11) is 0. The second-order valence-corrected chi connectivity index (χ2v) is 6.42. The Morgan fingerprint density at radius 3 is 2.43 bits per heavy atom. The maximum atomic E-state index is 12.3. The molecule has 28 heavy (non-hydrogen) atoms. The number of hydrogen-bond acceptors (Lipinski definition) is 3. The highest BCUT2D eigenvalue weighted by Gasteiger charge is 2.11. The first-order valence-electron chi connectivity index (χ1n) is 8.88. The van der Waals surface area contributed by atoms with Gasteiger partial charge in [0.15, 0.2) is 0 Å². The van der Waals surface area contributed by atoms with Crippen LogP contribution in [0.15, 0.2) is 79.3 Å². The number of benzene rings is 2. The Morgan fingerprint density at radius 2 is 1.64 bits per heavy atom. The Kier molecular flexibility index (Phi) is 4.84. The van der Waals surface area contributed by atoms with Crippen LogP contribution in [0.2, 0.25) is 0 Å². The third kappa shape index (κ3) is 3.91. The standard InChI is InChI=1S/C22H19N5O/c1-15-5-7-18(8-6-15)25-22(28)26-19-4-2-3-17(13-19)21-20(14-24-27-21)16-9-11-23-12-10-16/h2-14H,1H3,(H,24,27)(H2,25,26,28). The minimum Gasteiger partial charge on any atom is -0.308 e. The number of H-pyrrole nitrogens is 1. The smallest absolute Gasteiger partial charge is 0.308 e. The molecule has 0 aliphatic heterocycles. The van der Waals surface area contributed by atoms with Gasteiger partial charge >= 0.3 is 6.03 Å². The summed E-state index contributed by atoms with van der Waals surface area (Å²) >= 11 is 0. The third-order valence-electron chi connectivity index (χ3n) is 4.35. The first-order chi connectivity index (χ1) is 13.7. The zero-order chi connectivity index (χ0) is 19.3. The van der Waals surface area contributed by atoms with Crippen LogP contribution < -0.4 is 10.6 Å². The molecule has 2 aromatic carbocycles. The Balaban J connectivity index is 1.53. The fraction of sp³-hybridized carbons (Fsp3) is 0.0455. The fourth-order valence-electron chi connectivity index (χ4n) is 2.94. The molecule has 138 valence electrons.